The number of amides is 2. The number of carbonyl (C=O) groups is 2. The summed E-state index contributed by atoms with van der Waals surface area (Å²) < 4.78 is 0. The fourth-order valence-corrected chi connectivity index (χ4v) is 2.64. The first-order valence-electron chi connectivity index (χ1n) is 9.62. The van der Waals surface area contributed by atoms with Gasteiger partial charge in [-0.25, -0.2) is 0 Å². The zero-order chi connectivity index (χ0) is 21.0. The van der Waals surface area contributed by atoms with Gasteiger partial charge in [-0.15, -0.1) is 0 Å². The van der Waals surface area contributed by atoms with Crippen LogP contribution in [0.1, 0.15) is 59.3 Å². The molecule has 9 heteroatoms. The molecule has 7 N–H and O–H groups in total. The molecule has 0 aromatic carbocycles. The SMILES string of the molecule is CCCCCC(=O)NC(NC(=O)[C@H](O)[C@@H](O)[C@H](O)[C@H](O)CO)C(C)CCC. The van der Waals surface area contributed by atoms with Gasteiger partial charge in [0.2, 0.25) is 5.91 Å². The normalized spacial score (nSPS) is 18.1. The highest BCUT2D eigenvalue weighted by Crippen LogP contribution is 2.11. The first-order valence-corrected chi connectivity index (χ1v) is 9.62. The lowest BCUT2D eigenvalue weighted by Crippen LogP contribution is -2.58. The molecular formula is C18H36N2O7. The lowest BCUT2D eigenvalue weighted by molar-refractivity contribution is -0.150. The Morgan fingerprint density at radius 1 is 0.926 bits per heavy atom. The molecule has 0 aliphatic carbocycles. The predicted molar refractivity (Wildman–Crippen MR) is 99.4 cm³/mol. The van der Waals surface area contributed by atoms with Crippen LogP contribution in [0.5, 0.6) is 0 Å². The summed E-state index contributed by atoms with van der Waals surface area (Å²) in [4.78, 5) is 24.3. The number of rotatable bonds is 14. The smallest absolute Gasteiger partial charge is 0.253 e. The van der Waals surface area contributed by atoms with E-state index >= 15 is 0 Å². The molecule has 2 amide bonds. The number of aliphatic hydroxyl groups excluding tert-OH is 5. The maximum absolute atomic E-state index is 12.2. The van der Waals surface area contributed by atoms with E-state index in [1.807, 2.05) is 20.8 Å². The zero-order valence-electron chi connectivity index (χ0n) is 16.5. The van der Waals surface area contributed by atoms with Gasteiger partial charge in [0, 0.05) is 6.42 Å². The topological polar surface area (TPSA) is 159 Å². The second kappa shape index (κ2) is 13.8. The third-order valence-corrected chi connectivity index (χ3v) is 4.46. The lowest BCUT2D eigenvalue weighted by atomic mass is 10.00. The quantitative estimate of drug-likeness (QED) is 0.147. The molecule has 0 radical (unpaired) electrons. The number of aliphatic hydroxyl groups is 5. The average molecular weight is 392 g/mol. The van der Waals surface area contributed by atoms with Crippen molar-refractivity contribution in [1.29, 1.82) is 0 Å². The summed E-state index contributed by atoms with van der Waals surface area (Å²) in [5, 5.41) is 52.7. The van der Waals surface area contributed by atoms with Crippen molar-refractivity contribution in [2.24, 2.45) is 5.92 Å². The Bertz CT molecular complexity index is 436. The molecule has 27 heavy (non-hydrogen) atoms. The van der Waals surface area contributed by atoms with E-state index in [1.165, 1.54) is 0 Å². The molecule has 0 saturated carbocycles. The molecule has 0 aromatic heterocycles. The highest BCUT2D eigenvalue weighted by Gasteiger charge is 2.35. The molecular weight excluding hydrogens is 356 g/mol. The van der Waals surface area contributed by atoms with Crippen LogP contribution in [0.2, 0.25) is 0 Å². The minimum atomic E-state index is -2.03. The first-order chi connectivity index (χ1) is 12.7. The Balaban J connectivity index is 4.92. The summed E-state index contributed by atoms with van der Waals surface area (Å²) in [6.45, 7) is 4.99. The zero-order valence-corrected chi connectivity index (χ0v) is 16.5. The van der Waals surface area contributed by atoms with Crippen molar-refractivity contribution in [3.8, 4) is 0 Å². The predicted octanol–water partition coefficient (Wildman–Crippen LogP) is -1.00. The Kier molecular flexibility index (Phi) is 13.2. The molecule has 0 spiro atoms. The molecule has 0 heterocycles. The summed E-state index contributed by atoms with van der Waals surface area (Å²) in [6, 6.07) is 0. The fourth-order valence-electron chi connectivity index (χ4n) is 2.64. The molecule has 160 valence electrons. The molecule has 0 aliphatic rings. The van der Waals surface area contributed by atoms with Gasteiger partial charge in [-0.2, -0.15) is 0 Å². The Morgan fingerprint density at radius 2 is 1.56 bits per heavy atom. The van der Waals surface area contributed by atoms with Gasteiger partial charge in [0.05, 0.1) is 6.61 Å². The maximum atomic E-state index is 12.2. The summed E-state index contributed by atoms with van der Waals surface area (Å²) >= 11 is 0. The fraction of sp³-hybridized carbons (Fsp3) is 0.889. The van der Waals surface area contributed by atoms with E-state index in [9.17, 15) is 30.0 Å². The molecule has 0 saturated heterocycles. The van der Waals surface area contributed by atoms with E-state index < -0.39 is 43.1 Å². The van der Waals surface area contributed by atoms with Crippen LogP contribution in [0.4, 0.5) is 0 Å². The average Bonchev–Trinajstić information content (AvgIpc) is 2.65. The second-order valence-corrected chi connectivity index (χ2v) is 6.95. The third kappa shape index (κ3) is 9.48. The van der Waals surface area contributed by atoms with E-state index in [0.717, 1.165) is 25.7 Å². The summed E-state index contributed by atoms with van der Waals surface area (Å²) in [7, 11) is 0. The van der Waals surface area contributed by atoms with Gasteiger partial charge in [0.25, 0.3) is 5.91 Å². The van der Waals surface area contributed by atoms with Crippen LogP contribution < -0.4 is 10.6 Å². The maximum Gasteiger partial charge on any atom is 0.253 e. The van der Waals surface area contributed by atoms with Gasteiger partial charge in [0.15, 0.2) is 6.10 Å². The number of carbonyl (C=O) groups excluding carboxylic acids is 2. The van der Waals surface area contributed by atoms with Crippen molar-refractivity contribution in [1.82, 2.24) is 10.6 Å². The molecule has 0 aromatic rings. The molecule has 2 unspecified atom stereocenters. The first kappa shape index (κ1) is 25.7. The van der Waals surface area contributed by atoms with Crippen molar-refractivity contribution in [2.75, 3.05) is 6.61 Å². The van der Waals surface area contributed by atoms with E-state index in [-0.39, 0.29) is 11.8 Å². The largest absolute Gasteiger partial charge is 0.394 e. The minimum Gasteiger partial charge on any atom is -0.394 e. The molecule has 9 nitrogen and oxygen atoms in total. The van der Waals surface area contributed by atoms with Crippen molar-refractivity contribution in [2.45, 2.75) is 89.9 Å². The lowest BCUT2D eigenvalue weighted by Gasteiger charge is -2.29. The van der Waals surface area contributed by atoms with Crippen LogP contribution in [-0.2, 0) is 9.59 Å². The number of hydrogen-bond donors (Lipinski definition) is 7. The van der Waals surface area contributed by atoms with Gasteiger partial charge >= 0.3 is 0 Å². The van der Waals surface area contributed by atoms with Gasteiger partial charge in [-0.3, -0.25) is 9.59 Å². The molecule has 0 rings (SSSR count). The van der Waals surface area contributed by atoms with Gasteiger partial charge in [-0.05, 0) is 18.8 Å². The van der Waals surface area contributed by atoms with Crippen molar-refractivity contribution >= 4 is 11.8 Å². The van der Waals surface area contributed by atoms with Crippen LogP contribution in [0.25, 0.3) is 0 Å². The standard InChI is InChI=1S/C18H36N2O7/c1-4-6-7-9-13(23)19-17(11(3)8-5-2)20-18(27)16(26)15(25)14(24)12(22)10-21/h11-12,14-17,21-22,24-26H,4-10H2,1-3H3,(H,19,23)(H,20,27)/t11?,12-,14-,15+,16-,17?/m1/s1. The van der Waals surface area contributed by atoms with E-state index in [1.54, 1.807) is 0 Å². The molecule has 0 bridgehead atoms. The Hall–Kier alpha value is -1.26. The van der Waals surface area contributed by atoms with Crippen LogP contribution in [-0.4, -0.2) is 74.5 Å². The number of hydrogen-bond acceptors (Lipinski definition) is 7. The Labute approximate surface area is 160 Å². The van der Waals surface area contributed by atoms with E-state index in [2.05, 4.69) is 10.6 Å². The second-order valence-electron chi connectivity index (χ2n) is 6.95. The third-order valence-electron chi connectivity index (χ3n) is 4.46. The minimum absolute atomic E-state index is 0.119. The summed E-state index contributed by atoms with van der Waals surface area (Å²) in [6.07, 6.45) is -3.87. The highest BCUT2D eigenvalue weighted by molar-refractivity contribution is 5.82. The van der Waals surface area contributed by atoms with E-state index in [0.29, 0.717) is 12.8 Å². The Morgan fingerprint density at radius 3 is 2.07 bits per heavy atom. The van der Waals surface area contributed by atoms with Crippen molar-refractivity contribution in [3.05, 3.63) is 0 Å². The van der Waals surface area contributed by atoms with Gasteiger partial charge < -0.3 is 36.2 Å². The summed E-state index contributed by atoms with van der Waals surface area (Å²) in [5.41, 5.74) is 0. The van der Waals surface area contributed by atoms with Crippen LogP contribution in [0, 0.1) is 5.92 Å². The van der Waals surface area contributed by atoms with Gasteiger partial charge in [0.1, 0.15) is 24.5 Å². The van der Waals surface area contributed by atoms with Crippen LogP contribution in [0.3, 0.4) is 0 Å². The van der Waals surface area contributed by atoms with Crippen LogP contribution in [0.15, 0.2) is 0 Å². The van der Waals surface area contributed by atoms with E-state index in [4.69, 9.17) is 5.11 Å². The number of unbranched alkanes of at least 4 members (excludes halogenated alkanes) is 2. The molecule has 0 aliphatic heterocycles. The van der Waals surface area contributed by atoms with Crippen LogP contribution >= 0.6 is 0 Å². The van der Waals surface area contributed by atoms with Crippen molar-refractivity contribution < 1.29 is 35.1 Å². The molecule has 6 atom stereocenters. The highest BCUT2D eigenvalue weighted by atomic mass is 16.4. The monoisotopic (exact) mass is 392 g/mol. The van der Waals surface area contributed by atoms with Gasteiger partial charge in [-0.1, -0.05) is 40.0 Å². The summed E-state index contributed by atoms with van der Waals surface area (Å²) in [5.74, 6) is -1.33. The molecule has 0 fully saturated rings. The number of nitrogens with one attached hydrogen (secondary N) is 2. The van der Waals surface area contributed by atoms with Crippen molar-refractivity contribution in [3.63, 3.8) is 0 Å².